The molecule has 0 radical (unpaired) electrons. The summed E-state index contributed by atoms with van der Waals surface area (Å²) in [5, 5.41) is 2.91. The van der Waals surface area contributed by atoms with E-state index in [9.17, 15) is 9.59 Å². The van der Waals surface area contributed by atoms with Crippen molar-refractivity contribution in [2.75, 3.05) is 24.6 Å². The van der Waals surface area contributed by atoms with Gasteiger partial charge >= 0.3 is 0 Å². The Kier molecular flexibility index (Phi) is 6.86. The first kappa shape index (κ1) is 15.1. The Balaban J connectivity index is 2.34. The van der Waals surface area contributed by atoms with Gasteiger partial charge in [-0.05, 0) is 19.3 Å². The number of nitrogens with one attached hydrogen (secondary N) is 1. The third-order valence-electron chi connectivity index (χ3n) is 2.99. The maximum atomic E-state index is 12.0. The minimum absolute atomic E-state index is 0.00381. The fourth-order valence-corrected chi connectivity index (χ4v) is 2.69. The zero-order chi connectivity index (χ0) is 13.4. The first-order chi connectivity index (χ1) is 8.66. The van der Waals surface area contributed by atoms with Gasteiger partial charge in [-0.1, -0.05) is 6.08 Å². The van der Waals surface area contributed by atoms with Crippen LogP contribution >= 0.6 is 11.8 Å². The van der Waals surface area contributed by atoms with E-state index in [1.165, 1.54) is 6.92 Å². The lowest BCUT2D eigenvalue weighted by Gasteiger charge is -2.33. The number of carbonyl (C=O) groups excluding carboxylic acids is 2. The van der Waals surface area contributed by atoms with Crippen molar-refractivity contribution in [1.29, 1.82) is 0 Å². The first-order valence-electron chi connectivity index (χ1n) is 6.40. The van der Waals surface area contributed by atoms with Crippen molar-refractivity contribution in [2.45, 2.75) is 32.2 Å². The number of piperidine rings is 1. The van der Waals surface area contributed by atoms with Crippen molar-refractivity contribution in [3.8, 4) is 0 Å². The molecule has 4 nitrogen and oxygen atoms in total. The summed E-state index contributed by atoms with van der Waals surface area (Å²) in [5.74, 6) is 1.77. The third kappa shape index (κ3) is 4.72. The van der Waals surface area contributed by atoms with Crippen LogP contribution in [0, 0.1) is 0 Å². The fourth-order valence-electron chi connectivity index (χ4n) is 2.11. The van der Waals surface area contributed by atoms with Gasteiger partial charge in [0.1, 0.15) is 6.04 Å². The molecule has 1 fully saturated rings. The highest BCUT2D eigenvalue weighted by Gasteiger charge is 2.29. The Morgan fingerprint density at radius 3 is 2.94 bits per heavy atom. The molecule has 2 amide bonds. The van der Waals surface area contributed by atoms with Crippen LogP contribution in [0.2, 0.25) is 0 Å². The maximum absolute atomic E-state index is 12.0. The highest BCUT2D eigenvalue weighted by atomic mass is 32.2. The van der Waals surface area contributed by atoms with Gasteiger partial charge < -0.3 is 10.2 Å². The van der Waals surface area contributed by atoms with Crippen LogP contribution in [0.1, 0.15) is 26.2 Å². The van der Waals surface area contributed by atoms with Gasteiger partial charge in [-0.25, -0.2) is 0 Å². The maximum Gasteiger partial charge on any atom is 0.242 e. The van der Waals surface area contributed by atoms with E-state index < -0.39 is 0 Å². The predicted octanol–water partition coefficient (Wildman–Crippen LogP) is 1.42. The van der Waals surface area contributed by atoms with Gasteiger partial charge in [0, 0.05) is 31.5 Å². The number of hydrogen-bond donors (Lipinski definition) is 1. The van der Waals surface area contributed by atoms with Crippen LogP contribution in [0.5, 0.6) is 0 Å². The SMILES string of the molecule is C=CCSCCNC(=O)[C@@H]1CCCCN1C(C)=O. The molecule has 5 heteroatoms. The molecule has 1 saturated heterocycles. The quantitative estimate of drug-likeness (QED) is 0.586. The molecule has 0 aliphatic carbocycles. The third-order valence-corrected chi connectivity index (χ3v) is 3.96. The Morgan fingerprint density at radius 2 is 2.28 bits per heavy atom. The summed E-state index contributed by atoms with van der Waals surface area (Å²) >= 11 is 1.74. The zero-order valence-corrected chi connectivity index (χ0v) is 11.8. The van der Waals surface area contributed by atoms with Crippen molar-refractivity contribution < 1.29 is 9.59 Å². The second-order valence-corrected chi connectivity index (χ2v) is 5.53. The van der Waals surface area contributed by atoms with E-state index in [-0.39, 0.29) is 17.9 Å². The molecule has 0 aromatic heterocycles. The van der Waals surface area contributed by atoms with Crippen molar-refractivity contribution in [3.05, 3.63) is 12.7 Å². The van der Waals surface area contributed by atoms with Crippen LogP contribution in [0.4, 0.5) is 0 Å². The minimum Gasteiger partial charge on any atom is -0.353 e. The van der Waals surface area contributed by atoms with E-state index in [0.29, 0.717) is 13.1 Å². The van der Waals surface area contributed by atoms with Gasteiger partial charge in [-0.2, -0.15) is 11.8 Å². The topological polar surface area (TPSA) is 49.4 Å². The molecule has 0 aromatic carbocycles. The molecule has 1 aliphatic rings. The lowest BCUT2D eigenvalue weighted by molar-refractivity contribution is -0.140. The molecule has 0 spiro atoms. The molecular formula is C13H22N2O2S. The molecule has 1 rings (SSSR count). The van der Waals surface area contributed by atoms with E-state index >= 15 is 0 Å². The van der Waals surface area contributed by atoms with E-state index in [2.05, 4.69) is 11.9 Å². The molecule has 0 bridgehead atoms. The van der Waals surface area contributed by atoms with Crippen molar-refractivity contribution in [2.24, 2.45) is 0 Å². The number of thioether (sulfide) groups is 1. The molecule has 1 aliphatic heterocycles. The molecular weight excluding hydrogens is 248 g/mol. The standard InChI is InChI=1S/C13H22N2O2S/c1-3-9-18-10-7-14-13(17)12-6-4-5-8-15(12)11(2)16/h3,12H,1,4-10H2,2H3,(H,14,17)/t12-/m0/s1. The smallest absolute Gasteiger partial charge is 0.242 e. The van der Waals surface area contributed by atoms with Crippen LogP contribution < -0.4 is 5.32 Å². The zero-order valence-electron chi connectivity index (χ0n) is 11.0. The van der Waals surface area contributed by atoms with Gasteiger partial charge in [-0.3, -0.25) is 9.59 Å². The molecule has 1 atom stereocenters. The molecule has 0 unspecified atom stereocenters. The highest BCUT2D eigenvalue weighted by molar-refractivity contribution is 7.99. The molecule has 102 valence electrons. The normalized spacial score (nSPS) is 19.4. The van der Waals surface area contributed by atoms with Crippen LogP contribution in [-0.4, -0.2) is 47.4 Å². The van der Waals surface area contributed by atoms with E-state index in [1.54, 1.807) is 16.7 Å². The van der Waals surface area contributed by atoms with Gasteiger partial charge in [0.15, 0.2) is 0 Å². The second kappa shape index (κ2) is 8.19. The minimum atomic E-state index is -0.263. The van der Waals surface area contributed by atoms with Gasteiger partial charge in [-0.15, -0.1) is 6.58 Å². The Labute approximate surface area is 113 Å². The Morgan fingerprint density at radius 1 is 1.50 bits per heavy atom. The van der Waals surface area contributed by atoms with Crippen molar-refractivity contribution >= 4 is 23.6 Å². The summed E-state index contributed by atoms with van der Waals surface area (Å²) in [4.78, 5) is 25.2. The van der Waals surface area contributed by atoms with Crippen LogP contribution in [0.3, 0.4) is 0 Å². The van der Waals surface area contributed by atoms with Crippen LogP contribution in [0.15, 0.2) is 12.7 Å². The van der Waals surface area contributed by atoms with Gasteiger partial charge in [0.2, 0.25) is 11.8 Å². The number of rotatable bonds is 6. The van der Waals surface area contributed by atoms with E-state index in [4.69, 9.17) is 0 Å². The van der Waals surface area contributed by atoms with E-state index in [1.807, 2.05) is 6.08 Å². The van der Waals surface area contributed by atoms with Crippen LogP contribution in [0.25, 0.3) is 0 Å². The lowest BCUT2D eigenvalue weighted by atomic mass is 10.0. The monoisotopic (exact) mass is 270 g/mol. The van der Waals surface area contributed by atoms with Crippen molar-refractivity contribution in [3.63, 3.8) is 0 Å². The number of hydrogen-bond acceptors (Lipinski definition) is 3. The molecule has 18 heavy (non-hydrogen) atoms. The van der Waals surface area contributed by atoms with E-state index in [0.717, 1.165) is 30.8 Å². The summed E-state index contributed by atoms with van der Waals surface area (Å²) in [6.07, 6.45) is 4.65. The summed E-state index contributed by atoms with van der Waals surface area (Å²) in [6, 6.07) is -0.263. The highest BCUT2D eigenvalue weighted by Crippen LogP contribution is 2.17. The van der Waals surface area contributed by atoms with Crippen LogP contribution in [-0.2, 0) is 9.59 Å². The summed E-state index contributed by atoms with van der Waals surface area (Å²) in [5.41, 5.74) is 0. The number of likely N-dealkylation sites (tertiary alicyclic amines) is 1. The first-order valence-corrected chi connectivity index (χ1v) is 7.56. The van der Waals surface area contributed by atoms with Gasteiger partial charge in [0.05, 0.1) is 0 Å². The average molecular weight is 270 g/mol. The van der Waals surface area contributed by atoms with Crippen molar-refractivity contribution in [1.82, 2.24) is 10.2 Å². The number of amides is 2. The fraction of sp³-hybridized carbons (Fsp3) is 0.692. The van der Waals surface area contributed by atoms with Gasteiger partial charge in [0.25, 0.3) is 0 Å². The Bertz CT molecular complexity index is 307. The largest absolute Gasteiger partial charge is 0.353 e. The predicted molar refractivity (Wildman–Crippen MR) is 75.6 cm³/mol. The lowest BCUT2D eigenvalue weighted by Crippen LogP contribution is -2.51. The second-order valence-electron chi connectivity index (χ2n) is 4.38. The molecule has 0 saturated carbocycles. The molecule has 1 N–H and O–H groups in total. The summed E-state index contributed by atoms with van der Waals surface area (Å²) < 4.78 is 0. The molecule has 0 aromatic rings. The average Bonchev–Trinajstić information content (AvgIpc) is 2.38. The summed E-state index contributed by atoms with van der Waals surface area (Å²) in [7, 11) is 0. The number of nitrogens with zero attached hydrogens (tertiary/aromatic N) is 1. The number of carbonyl (C=O) groups is 2. The molecule has 1 heterocycles. The summed E-state index contributed by atoms with van der Waals surface area (Å²) in [6.45, 7) is 6.54. The Hall–Kier alpha value is -0.970.